The molecule has 3 N–H and O–H groups in total. The molecule has 1 fully saturated rings. The molecule has 20 heavy (non-hydrogen) atoms. The van der Waals surface area contributed by atoms with Crippen molar-refractivity contribution in [1.29, 1.82) is 0 Å². The number of hydrogen-bond donors (Lipinski definition) is 3. The molecule has 0 bridgehead atoms. The molecule has 1 aromatic heterocycles. The molecule has 2 rings (SSSR count). The first kappa shape index (κ1) is 15.4. The molecule has 0 unspecified atom stereocenters. The topological polar surface area (TPSA) is 90.1 Å². The molecule has 0 spiro atoms. The Morgan fingerprint density at radius 3 is 2.65 bits per heavy atom. The third-order valence-corrected chi connectivity index (χ3v) is 4.96. The van der Waals surface area contributed by atoms with Crippen LogP contribution in [-0.4, -0.2) is 43.3 Å². The quantitative estimate of drug-likeness (QED) is 0.712. The van der Waals surface area contributed by atoms with Gasteiger partial charge in [-0.2, -0.15) is 5.10 Å². The zero-order valence-electron chi connectivity index (χ0n) is 12.1. The van der Waals surface area contributed by atoms with Crippen LogP contribution in [0.15, 0.2) is 4.90 Å². The molecule has 0 atom stereocenters. The van der Waals surface area contributed by atoms with Crippen molar-refractivity contribution in [2.45, 2.75) is 44.6 Å². The Bertz CT molecular complexity index is 534. The average Bonchev–Trinajstić information content (AvgIpc) is 2.79. The van der Waals surface area contributed by atoms with Gasteiger partial charge in [-0.15, -0.1) is 4.83 Å². The number of nitrogens with zero attached hydrogens (tertiary/aromatic N) is 2. The van der Waals surface area contributed by atoms with Crippen LogP contribution >= 0.6 is 0 Å². The molecule has 1 aliphatic heterocycles. The number of nitrogens with one attached hydrogen (secondary N) is 3. The van der Waals surface area contributed by atoms with Crippen LogP contribution in [0.4, 0.5) is 0 Å². The fraction of sp³-hybridized carbons (Fsp3) is 0.750. The Morgan fingerprint density at radius 2 is 2.00 bits per heavy atom. The summed E-state index contributed by atoms with van der Waals surface area (Å²) in [7, 11) is -3.57. The molecule has 7 nitrogen and oxygen atoms in total. The average molecular weight is 301 g/mol. The summed E-state index contributed by atoms with van der Waals surface area (Å²) < 4.78 is 25.1. The van der Waals surface area contributed by atoms with E-state index in [1.807, 2.05) is 6.92 Å². The Labute approximate surface area is 120 Å². The number of hydrogen-bond acceptors (Lipinski definition) is 5. The van der Waals surface area contributed by atoms with Gasteiger partial charge in [-0.3, -0.25) is 5.10 Å². The maximum atomic E-state index is 12.5. The molecule has 0 amide bonds. The molecule has 2 heterocycles. The maximum absolute atomic E-state index is 12.5. The van der Waals surface area contributed by atoms with Crippen LogP contribution in [-0.2, 0) is 16.6 Å². The number of aromatic nitrogens is 2. The minimum atomic E-state index is -3.57. The van der Waals surface area contributed by atoms with Crippen LogP contribution in [0.2, 0.25) is 0 Å². The Morgan fingerprint density at radius 1 is 1.30 bits per heavy atom. The summed E-state index contributed by atoms with van der Waals surface area (Å²) in [6.07, 6.45) is 3.21. The van der Waals surface area contributed by atoms with E-state index in [-0.39, 0.29) is 4.90 Å². The highest BCUT2D eigenvalue weighted by Crippen LogP contribution is 2.18. The summed E-state index contributed by atoms with van der Waals surface area (Å²) in [5, 5.41) is 11.7. The largest absolute Gasteiger partial charge is 0.311 e. The van der Waals surface area contributed by atoms with Crippen LogP contribution in [0, 0.1) is 6.92 Å². The Hall–Kier alpha value is -0.960. The highest BCUT2D eigenvalue weighted by Gasteiger charge is 2.26. The predicted molar refractivity (Wildman–Crippen MR) is 76.5 cm³/mol. The van der Waals surface area contributed by atoms with Gasteiger partial charge in [0, 0.05) is 19.6 Å². The van der Waals surface area contributed by atoms with E-state index in [9.17, 15) is 8.42 Å². The Kier molecular flexibility index (Phi) is 5.14. The van der Waals surface area contributed by atoms with Crippen molar-refractivity contribution in [3.05, 3.63) is 11.4 Å². The molecule has 0 saturated carbocycles. The van der Waals surface area contributed by atoms with E-state index in [1.165, 1.54) is 0 Å². The fourth-order valence-corrected chi connectivity index (χ4v) is 3.88. The van der Waals surface area contributed by atoms with E-state index < -0.39 is 10.0 Å². The number of rotatable bonds is 6. The van der Waals surface area contributed by atoms with E-state index in [0.717, 1.165) is 38.9 Å². The van der Waals surface area contributed by atoms with Gasteiger partial charge in [-0.05, 0) is 26.3 Å². The summed E-state index contributed by atoms with van der Waals surface area (Å²) in [5.74, 6) is 0. The number of aryl methyl sites for hydroxylation is 1. The van der Waals surface area contributed by atoms with Gasteiger partial charge in [0.25, 0.3) is 10.0 Å². The number of hydrazine groups is 1. The van der Waals surface area contributed by atoms with Crippen LogP contribution < -0.4 is 10.1 Å². The van der Waals surface area contributed by atoms with Crippen LogP contribution in [0.25, 0.3) is 0 Å². The van der Waals surface area contributed by atoms with Crippen molar-refractivity contribution >= 4 is 10.0 Å². The number of aromatic amines is 1. The molecule has 8 heteroatoms. The summed E-state index contributed by atoms with van der Waals surface area (Å²) in [4.78, 5) is 2.94. The number of piperidine rings is 1. The Balaban J connectivity index is 2.17. The number of sulfonamides is 1. The first-order valence-corrected chi connectivity index (χ1v) is 8.55. The predicted octanol–water partition coefficient (Wildman–Crippen LogP) is 0.507. The normalized spacial score (nSPS) is 17.5. The lowest BCUT2D eigenvalue weighted by molar-refractivity contribution is 0.200. The molecule has 1 saturated heterocycles. The van der Waals surface area contributed by atoms with Gasteiger partial charge >= 0.3 is 0 Å². The fourth-order valence-electron chi connectivity index (χ4n) is 2.39. The van der Waals surface area contributed by atoms with Crippen molar-refractivity contribution < 1.29 is 8.42 Å². The summed E-state index contributed by atoms with van der Waals surface area (Å²) in [6.45, 7) is 6.44. The second kappa shape index (κ2) is 6.66. The zero-order chi connectivity index (χ0) is 14.6. The SMILES string of the molecule is CCNCc1n[nH]c(C)c1S(=O)(=O)NN1CCCCC1. The van der Waals surface area contributed by atoms with Crippen LogP contribution in [0.3, 0.4) is 0 Å². The van der Waals surface area contributed by atoms with Crippen LogP contribution in [0.1, 0.15) is 37.6 Å². The summed E-state index contributed by atoms with van der Waals surface area (Å²) >= 11 is 0. The first-order chi connectivity index (χ1) is 9.54. The van der Waals surface area contributed by atoms with Gasteiger partial charge in [-0.1, -0.05) is 13.3 Å². The van der Waals surface area contributed by atoms with Crippen LogP contribution in [0.5, 0.6) is 0 Å². The van der Waals surface area contributed by atoms with E-state index in [0.29, 0.717) is 17.9 Å². The molecular weight excluding hydrogens is 278 g/mol. The van der Waals surface area contributed by atoms with Crippen molar-refractivity contribution in [3.63, 3.8) is 0 Å². The molecule has 0 radical (unpaired) electrons. The minimum absolute atomic E-state index is 0.268. The van der Waals surface area contributed by atoms with Gasteiger partial charge in [0.1, 0.15) is 4.90 Å². The highest BCUT2D eigenvalue weighted by molar-refractivity contribution is 7.89. The lowest BCUT2D eigenvalue weighted by atomic mass is 10.2. The summed E-state index contributed by atoms with van der Waals surface area (Å²) in [6, 6.07) is 0. The molecular formula is C12H23N5O2S. The highest BCUT2D eigenvalue weighted by atomic mass is 32.2. The standard InChI is InChI=1S/C12H23N5O2S/c1-3-13-9-11-12(10(2)14-15-11)20(18,19)16-17-7-5-4-6-8-17/h13,16H,3-9H2,1-2H3,(H,14,15). The second-order valence-electron chi connectivity index (χ2n) is 5.05. The van der Waals surface area contributed by atoms with Gasteiger partial charge in [-0.25, -0.2) is 13.4 Å². The van der Waals surface area contributed by atoms with E-state index >= 15 is 0 Å². The molecule has 0 aliphatic carbocycles. The zero-order valence-corrected chi connectivity index (χ0v) is 12.9. The lowest BCUT2D eigenvalue weighted by Gasteiger charge is -2.26. The van der Waals surface area contributed by atoms with Crippen molar-refractivity contribution in [2.24, 2.45) is 0 Å². The van der Waals surface area contributed by atoms with E-state index in [1.54, 1.807) is 11.9 Å². The molecule has 114 valence electrons. The molecule has 0 aromatic carbocycles. The van der Waals surface area contributed by atoms with E-state index in [4.69, 9.17) is 0 Å². The third kappa shape index (κ3) is 3.57. The second-order valence-corrected chi connectivity index (χ2v) is 6.64. The van der Waals surface area contributed by atoms with Gasteiger partial charge in [0.2, 0.25) is 0 Å². The summed E-state index contributed by atoms with van der Waals surface area (Å²) in [5.41, 5.74) is 1.11. The first-order valence-electron chi connectivity index (χ1n) is 7.06. The third-order valence-electron chi connectivity index (χ3n) is 3.38. The van der Waals surface area contributed by atoms with E-state index in [2.05, 4.69) is 20.3 Å². The van der Waals surface area contributed by atoms with Crippen molar-refractivity contribution in [1.82, 2.24) is 25.4 Å². The maximum Gasteiger partial charge on any atom is 0.257 e. The van der Waals surface area contributed by atoms with Gasteiger partial charge < -0.3 is 5.32 Å². The molecule has 1 aromatic rings. The minimum Gasteiger partial charge on any atom is -0.311 e. The number of H-pyrrole nitrogens is 1. The molecule has 1 aliphatic rings. The van der Waals surface area contributed by atoms with Gasteiger partial charge in [0.05, 0.1) is 11.4 Å². The lowest BCUT2D eigenvalue weighted by Crippen LogP contribution is -2.45. The van der Waals surface area contributed by atoms with Crippen molar-refractivity contribution in [2.75, 3.05) is 19.6 Å². The smallest absolute Gasteiger partial charge is 0.257 e. The monoisotopic (exact) mass is 301 g/mol. The van der Waals surface area contributed by atoms with Crippen molar-refractivity contribution in [3.8, 4) is 0 Å². The van der Waals surface area contributed by atoms with Gasteiger partial charge in [0.15, 0.2) is 0 Å².